The normalized spacial score (nSPS) is 12.0. The van der Waals surface area contributed by atoms with Crippen molar-refractivity contribution in [1.29, 1.82) is 0 Å². The molecular weight excluding hydrogens is 610 g/mol. The molecule has 2 heterocycles. The lowest BCUT2D eigenvalue weighted by Crippen LogP contribution is -2.33. The van der Waals surface area contributed by atoms with Crippen molar-refractivity contribution in [2.24, 2.45) is 5.73 Å². The van der Waals surface area contributed by atoms with Crippen molar-refractivity contribution in [3.63, 3.8) is 0 Å². The van der Waals surface area contributed by atoms with Crippen molar-refractivity contribution in [2.75, 3.05) is 13.1 Å². The van der Waals surface area contributed by atoms with Crippen molar-refractivity contribution in [3.05, 3.63) is 59.7 Å². The third-order valence-electron chi connectivity index (χ3n) is 5.49. The number of ether oxygens (including phenoxy) is 1. The molecule has 4 aromatic rings. The average Bonchev–Trinajstić information content (AvgIpc) is 3.57. The fourth-order valence-electron chi connectivity index (χ4n) is 3.60. The highest BCUT2D eigenvalue weighted by Gasteiger charge is 2.30. The van der Waals surface area contributed by atoms with Crippen LogP contribution in [0, 0.1) is 0 Å². The molecule has 18 heteroatoms. The lowest BCUT2D eigenvalue weighted by Gasteiger charge is -2.19. The number of hydrogen-bond acceptors (Lipinski definition) is 9. The van der Waals surface area contributed by atoms with E-state index in [4.69, 9.17) is 10.5 Å². The summed E-state index contributed by atoms with van der Waals surface area (Å²) in [5, 5.41) is 24.1. The van der Waals surface area contributed by atoms with Gasteiger partial charge in [-0.3, -0.25) is 0 Å². The summed E-state index contributed by atoms with van der Waals surface area (Å²) in [7, 11) is 0. The first kappa shape index (κ1) is 34.9. The highest BCUT2D eigenvalue weighted by atomic mass is 19.4. The number of tetrazole rings is 2. The molecule has 1 amide bonds. The van der Waals surface area contributed by atoms with Crippen LogP contribution in [-0.4, -0.2) is 77.6 Å². The van der Waals surface area contributed by atoms with Gasteiger partial charge >= 0.3 is 18.4 Å². The quantitative estimate of drug-likeness (QED) is 0.254. The summed E-state index contributed by atoms with van der Waals surface area (Å²) < 4.78 is 78.5. The number of nitrogens with zero attached hydrogens (tertiary/aromatic N) is 8. The van der Waals surface area contributed by atoms with E-state index >= 15 is 0 Å². The topological polar surface area (TPSA) is 152 Å². The Balaban J connectivity index is 0.000000257. The first-order chi connectivity index (χ1) is 21.0. The van der Waals surface area contributed by atoms with Crippen molar-refractivity contribution in [2.45, 2.75) is 64.7 Å². The van der Waals surface area contributed by atoms with Crippen LogP contribution in [0.4, 0.5) is 31.1 Å². The van der Waals surface area contributed by atoms with E-state index in [0.29, 0.717) is 40.2 Å². The Morgan fingerprint density at radius 2 is 1.18 bits per heavy atom. The summed E-state index contributed by atoms with van der Waals surface area (Å²) in [6.45, 7) is 3.76. The summed E-state index contributed by atoms with van der Waals surface area (Å²) >= 11 is 0. The van der Waals surface area contributed by atoms with Crippen LogP contribution in [0.3, 0.4) is 0 Å². The summed E-state index contributed by atoms with van der Waals surface area (Å²) in [6.07, 6.45) is -7.92. The molecule has 0 spiro atoms. The molecular formula is C27H32F6N10O2. The van der Waals surface area contributed by atoms with E-state index in [-0.39, 0.29) is 11.6 Å². The van der Waals surface area contributed by atoms with Crippen LogP contribution in [-0.2, 0) is 30.7 Å². The molecule has 3 N–H and O–H groups in total. The standard InChI is InChI=1S/C16H20F3N5O2.C11H12F3N5/c1-15(2,3)26-14(25)20-9-8-11-4-6-12(7-5-11)13-21-23-24(22-13)10-16(17,18)19;12-11(13,14)7-19-17-10(16-18-19)9-3-1-8(2-4-9)5-6-15/h4-7H,8-10H2,1-3H3,(H,20,25);1-4H,5-7,15H2. The highest BCUT2D eigenvalue weighted by Crippen LogP contribution is 2.20. The van der Waals surface area contributed by atoms with Crippen LogP contribution in [0.2, 0.25) is 0 Å². The minimum absolute atomic E-state index is 0.118. The van der Waals surface area contributed by atoms with Gasteiger partial charge in [0.05, 0.1) is 0 Å². The smallest absolute Gasteiger partial charge is 0.409 e. The number of benzene rings is 2. The number of nitrogens with two attached hydrogens (primary N) is 1. The van der Waals surface area contributed by atoms with E-state index in [2.05, 4.69) is 36.1 Å². The lowest BCUT2D eigenvalue weighted by atomic mass is 10.1. The maximum absolute atomic E-state index is 12.3. The third-order valence-corrected chi connectivity index (χ3v) is 5.49. The number of rotatable bonds is 9. The van der Waals surface area contributed by atoms with Gasteiger partial charge in [-0.15, -0.1) is 20.4 Å². The van der Waals surface area contributed by atoms with Crippen molar-refractivity contribution < 1.29 is 35.9 Å². The van der Waals surface area contributed by atoms with Crippen LogP contribution in [0.15, 0.2) is 48.5 Å². The molecule has 0 unspecified atom stereocenters. The van der Waals surface area contributed by atoms with E-state index in [1.54, 1.807) is 57.2 Å². The predicted octanol–water partition coefficient (Wildman–Crippen LogP) is 4.37. The molecule has 0 saturated heterocycles. The zero-order valence-corrected chi connectivity index (χ0v) is 24.6. The fraction of sp³-hybridized carbons (Fsp3) is 0.444. The zero-order valence-electron chi connectivity index (χ0n) is 24.6. The predicted molar refractivity (Wildman–Crippen MR) is 149 cm³/mol. The molecule has 0 aliphatic rings. The Labute approximate surface area is 253 Å². The number of halogens is 6. The van der Waals surface area contributed by atoms with Gasteiger partial charge in [0, 0.05) is 17.7 Å². The van der Waals surface area contributed by atoms with Gasteiger partial charge in [-0.2, -0.15) is 35.9 Å². The molecule has 45 heavy (non-hydrogen) atoms. The largest absolute Gasteiger partial charge is 0.444 e. The number of aromatic nitrogens is 8. The first-order valence-corrected chi connectivity index (χ1v) is 13.5. The number of amides is 1. The monoisotopic (exact) mass is 642 g/mol. The summed E-state index contributed by atoms with van der Waals surface area (Å²) in [4.78, 5) is 12.6. The van der Waals surface area contributed by atoms with Gasteiger partial charge in [-0.1, -0.05) is 48.5 Å². The number of hydrogen-bond donors (Lipinski definition) is 2. The van der Waals surface area contributed by atoms with Gasteiger partial charge in [0.1, 0.15) is 5.60 Å². The third kappa shape index (κ3) is 12.9. The molecule has 0 atom stereocenters. The van der Waals surface area contributed by atoms with Crippen LogP contribution in [0.25, 0.3) is 22.8 Å². The molecule has 0 saturated carbocycles. The summed E-state index contributed by atoms with van der Waals surface area (Å²) in [6, 6.07) is 14.1. The van der Waals surface area contributed by atoms with Crippen molar-refractivity contribution in [1.82, 2.24) is 45.7 Å². The number of carbonyl (C=O) groups excluding carboxylic acids is 1. The molecule has 244 valence electrons. The van der Waals surface area contributed by atoms with Crippen molar-refractivity contribution >= 4 is 6.09 Å². The van der Waals surface area contributed by atoms with E-state index in [1.807, 2.05) is 12.1 Å². The maximum Gasteiger partial charge on any atom is 0.409 e. The van der Waals surface area contributed by atoms with Gasteiger partial charge in [-0.05, 0) is 61.7 Å². The van der Waals surface area contributed by atoms with E-state index in [0.717, 1.165) is 17.5 Å². The molecule has 0 aliphatic heterocycles. The van der Waals surface area contributed by atoms with Crippen LogP contribution in [0.1, 0.15) is 31.9 Å². The van der Waals surface area contributed by atoms with E-state index < -0.39 is 37.1 Å². The second kappa shape index (κ2) is 14.9. The van der Waals surface area contributed by atoms with Crippen LogP contribution < -0.4 is 11.1 Å². The summed E-state index contributed by atoms with van der Waals surface area (Å²) in [5.41, 5.74) is 8.04. The Bertz CT molecular complexity index is 1490. The van der Waals surface area contributed by atoms with E-state index in [9.17, 15) is 31.1 Å². The first-order valence-electron chi connectivity index (χ1n) is 13.5. The maximum atomic E-state index is 12.3. The van der Waals surface area contributed by atoms with Crippen molar-refractivity contribution in [3.8, 4) is 22.8 Å². The minimum Gasteiger partial charge on any atom is -0.444 e. The fourth-order valence-corrected chi connectivity index (χ4v) is 3.60. The summed E-state index contributed by atoms with van der Waals surface area (Å²) in [5.74, 6) is 0.288. The molecule has 2 aromatic heterocycles. The molecule has 0 radical (unpaired) electrons. The SMILES string of the molecule is CC(C)(C)OC(=O)NCCc1ccc(-c2nnn(CC(F)(F)F)n2)cc1.NCCc1ccc(-c2nnn(CC(F)(F)F)n2)cc1. The van der Waals surface area contributed by atoms with E-state index in [1.165, 1.54) is 0 Å². The second-order valence-corrected chi connectivity index (χ2v) is 10.6. The van der Waals surface area contributed by atoms with Crippen LogP contribution >= 0.6 is 0 Å². The van der Waals surface area contributed by atoms with Gasteiger partial charge < -0.3 is 15.8 Å². The van der Waals surface area contributed by atoms with Gasteiger partial charge in [-0.25, -0.2) is 4.79 Å². The molecule has 12 nitrogen and oxygen atoms in total. The van der Waals surface area contributed by atoms with Crippen LogP contribution in [0.5, 0.6) is 0 Å². The molecule has 2 aromatic carbocycles. The Kier molecular flexibility index (Phi) is 11.6. The number of nitrogens with one attached hydrogen (secondary N) is 1. The average molecular weight is 643 g/mol. The highest BCUT2D eigenvalue weighted by molar-refractivity contribution is 5.67. The van der Waals surface area contributed by atoms with Gasteiger partial charge in [0.25, 0.3) is 0 Å². The molecule has 0 bridgehead atoms. The molecule has 4 rings (SSSR count). The Hall–Kier alpha value is -4.61. The van der Waals surface area contributed by atoms with Gasteiger partial charge in [0.15, 0.2) is 13.1 Å². The van der Waals surface area contributed by atoms with Gasteiger partial charge in [0.2, 0.25) is 11.6 Å². The Morgan fingerprint density at radius 3 is 1.56 bits per heavy atom. The second-order valence-electron chi connectivity index (χ2n) is 10.6. The minimum atomic E-state index is -4.40. The number of alkyl carbamates (subject to hydrolysis) is 1. The Morgan fingerprint density at radius 1 is 0.756 bits per heavy atom. The number of carbonyl (C=O) groups is 1. The number of alkyl halides is 6. The molecule has 0 fully saturated rings. The molecule has 0 aliphatic carbocycles. The zero-order chi connectivity index (χ0) is 33.3. The lowest BCUT2D eigenvalue weighted by molar-refractivity contribution is -0.146.